The molecule has 1 aliphatic rings. The lowest BCUT2D eigenvalue weighted by Crippen LogP contribution is -2.19. The largest absolute Gasteiger partial charge is 0.376 e. The summed E-state index contributed by atoms with van der Waals surface area (Å²) < 4.78 is 5.52. The third-order valence-corrected chi connectivity index (χ3v) is 2.73. The van der Waals surface area contributed by atoms with Gasteiger partial charge in [-0.15, -0.1) is 0 Å². The van der Waals surface area contributed by atoms with Crippen molar-refractivity contribution in [2.45, 2.75) is 32.8 Å². The first kappa shape index (κ1) is 10.4. The number of hydrogen-bond donors (Lipinski definition) is 1. The van der Waals surface area contributed by atoms with Gasteiger partial charge in [-0.1, -0.05) is 0 Å². The van der Waals surface area contributed by atoms with Crippen LogP contribution in [0.4, 0.5) is 5.82 Å². The van der Waals surface area contributed by atoms with E-state index in [4.69, 9.17) is 4.74 Å². The topological polar surface area (TPSA) is 47.0 Å². The molecule has 1 atom stereocenters. The Hall–Kier alpha value is -1.16. The van der Waals surface area contributed by atoms with Gasteiger partial charge in [0.25, 0.3) is 0 Å². The normalized spacial score (nSPS) is 20.5. The Balaban J connectivity index is 1.90. The molecule has 1 aromatic heterocycles. The molecule has 0 aliphatic carbocycles. The molecule has 1 unspecified atom stereocenters. The lowest BCUT2D eigenvalue weighted by Gasteiger charge is -2.11. The van der Waals surface area contributed by atoms with E-state index in [0.29, 0.717) is 6.10 Å². The number of anilines is 1. The molecule has 4 nitrogen and oxygen atoms in total. The van der Waals surface area contributed by atoms with E-state index in [-0.39, 0.29) is 0 Å². The highest BCUT2D eigenvalue weighted by Crippen LogP contribution is 2.13. The molecule has 0 aromatic carbocycles. The van der Waals surface area contributed by atoms with E-state index in [2.05, 4.69) is 15.3 Å². The standard InChI is InChI=1S/C11H17N3O/c1-8-9(2)14-11(7-12-8)13-6-10-4-3-5-15-10/h7,10H,3-6H2,1-2H3,(H,13,14). The van der Waals surface area contributed by atoms with Crippen LogP contribution in [0.1, 0.15) is 24.2 Å². The average molecular weight is 207 g/mol. The summed E-state index contributed by atoms with van der Waals surface area (Å²) in [4.78, 5) is 8.66. The molecule has 4 heteroatoms. The first-order chi connectivity index (χ1) is 7.25. The second-order valence-corrected chi connectivity index (χ2v) is 3.94. The summed E-state index contributed by atoms with van der Waals surface area (Å²) in [6.07, 6.45) is 4.43. The number of hydrogen-bond acceptors (Lipinski definition) is 4. The van der Waals surface area contributed by atoms with Crippen molar-refractivity contribution in [2.24, 2.45) is 0 Å². The van der Waals surface area contributed by atoms with Gasteiger partial charge in [0.1, 0.15) is 5.82 Å². The molecule has 0 bridgehead atoms. The first-order valence-electron chi connectivity index (χ1n) is 5.41. The zero-order valence-electron chi connectivity index (χ0n) is 9.29. The molecule has 0 saturated carbocycles. The van der Waals surface area contributed by atoms with Gasteiger partial charge in [-0.05, 0) is 26.7 Å². The van der Waals surface area contributed by atoms with Gasteiger partial charge in [0, 0.05) is 13.2 Å². The maximum absolute atomic E-state index is 5.52. The van der Waals surface area contributed by atoms with Crippen molar-refractivity contribution in [2.75, 3.05) is 18.5 Å². The van der Waals surface area contributed by atoms with Crippen molar-refractivity contribution >= 4 is 5.82 Å². The molecular weight excluding hydrogens is 190 g/mol. The van der Waals surface area contributed by atoms with Crippen LogP contribution in [0.5, 0.6) is 0 Å². The van der Waals surface area contributed by atoms with Gasteiger partial charge < -0.3 is 10.1 Å². The Morgan fingerprint density at radius 3 is 3.00 bits per heavy atom. The molecule has 2 heterocycles. The summed E-state index contributed by atoms with van der Waals surface area (Å²) in [6, 6.07) is 0. The van der Waals surface area contributed by atoms with Crippen LogP contribution in [0, 0.1) is 13.8 Å². The quantitative estimate of drug-likeness (QED) is 0.819. The summed E-state index contributed by atoms with van der Waals surface area (Å²) in [6.45, 7) is 5.66. The third kappa shape index (κ3) is 2.65. The Kier molecular flexibility index (Phi) is 3.16. The molecule has 0 radical (unpaired) electrons. The fourth-order valence-electron chi connectivity index (χ4n) is 1.65. The fraction of sp³-hybridized carbons (Fsp3) is 0.636. The van der Waals surface area contributed by atoms with Crippen molar-refractivity contribution in [1.82, 2.24) is 9.97 Å². The SMILES string of the molecule is Cc1ncc(NCC2CCCO2)nc1C. The van der Waals surface area contributed by atoms with Gasteiger partial charge >= 0.3 is 0 Å². The maximum Gasteiger partial charge on any atom is 0.144 e. The summed E-state index contributed by atoms with van der Waals surface area (Å²) in [5.74, 6) is 0.841. The van der Waals surface area contributed by atoms with Crippen LogP contribution < -0.4 is 5.32 Å². The van der Waals surface area contributed by atoms with Crippen molar-refractivity contribution in [3.8, 4) is 0 Å². The molecule has 1 fully saturated rings. The Morgan fingerprint density at radius 1 is 1.47 bits per heavy atom. The summed E-state index contributed by atoms with van der Waals surface area (Å²) in [5.41, 5.74) is 1.96. The number of nitrogens with zero attached hydrogens (tertiary/aromatic N) is 2. The molecule has 1 aromatic rings. The highest BCUT2D eigenvalue weighted by molar-refractivity contribution is 5.33. The van der Waals surface area contributed by atoms with Crippen molar-refractivity contribution < 1.29 is 4.74 Å². The molecule has 15 heavy (non-hydrogen) atoms. The van der Waals surface area contributed by atoms with Gasteiger partial charge in [-0.25, -0.2) is 4.98 Å². The van der Waals surface area contributed by atoms with Gasteiger partial charge in [-0.2, -0.15) is 0 Å². The first-order valence-corrected chi connectivity index (χ1v) is 5.41. The minimum Gasteiger partial charge on any atom is -0.376 e. The molecule has 1 saturated heterocycles. The minimum atomic E-state index is 0.341. The number of rotatable bonds is 3. The van der Waals surface area contributed by atoms with Crippen LogP contribution >= 0.6 is 0 Å². The van der Waals surface area contributed by atoms with Gasteiger partial charge in [0.15, 0.2) is 0 Å². The van der Waals surface area contributed by atoms with E-state index in [1.807, 2.05) is 13.8 Å². The van der Waals surface area contributed by atoms with Gasteiger partial charge in [0.2, 0.25) is 0 Å². The monoisotopic (exact) mass is 207 g/mol. The Labute approximate surface area is 90.1 Å². The number of aromatic nitrogens is 2. The van der Waals surface area contributed by atoms with Crippen LogP contribution in [-0.4, -0.2) is 29.2 Å². The number of nitrogens with one attached hydrogen (secondary N) is 1. The summed E-state index contributed by atoms with van der Waals surface area (Å²) >= 11 is 0. The summed E-state index contributed by atoms with van der Waals surface area (Å²) in [5, 5.41) is 3.26. The Morgan fingerprint density at radius 2 is 2.33 bits per heavy atom. The average Bonchev–Trinajstić information content (AvgIpc) is 2.73. The maximum atomic E-state index is 5.52. The zero-order chi connectivity index (χ0) is 10.7. The van der Waals surface area contributed by atoms with Crippen LogP contribution in [0.15, 0.2) is 6.20 Å². The predicted octanol–water partition coefficient (Wildman–Crippen LogP) is 1.68. The second kappa shape index (κ2) is 4.57. The van der Waals surface area contributed by atoms with Gasteiger partial charge in [-0.3, -0.25) is 4.98 Å². The lowest BCUT2D eigenvalue weighted by molar-refractivity contribution is 0.120. The summed E-state index contributed by atoms with van der Waals surface area (Å²) in [7, 11) is 0. The van der Waals surface area contributed by atoms with Crippen molar-refractivity contribution in [3.05, 3.63) is 17.6 Å². The molecule has 0 amide bonds. The van der Waals surface area contributed by atoms with Crippen LogP contribution in [0.2, 0.25) is 0 Å². The minimum absolute atomic E-state index is 0.341. The third-order valence-electron chi connectivity index (χ3n) is 2.73. The van der Waals surface area contributed by atoms with E-state index < -0.39 is 0 Å². The molecule has 1 N–H and O–H groups in total. The molecular formula is C11H17N3O. The smallest absolute Gasteiger partial charge is 0.144 e. The van der Waals surface area contributed by atoms with Crippen LogP contribution in [0.25, 0.3) is 0 Å². The highest BCUT2D eigenvalue weighted by Gasteiger charge is 2.14. The fourth-order valence-corrected chi connectivity index (χ4v) is 1.65. The van der Waals surface area contributed by atoms with Gasteiger partial charge in [0.05, 0.1) is 23.7 Å². The number of aryl methyl sites for hydroxylation is 2. The van der Waals surface area contributed by atoms with Crippen LogP contribution in [-0.2, 0) is 4.74 Å². The van der Waals surface area contributed by atoms with E-state index in [0.717, 1.165) is 36.8 Å². The molecule has 2 rings (SSSR count). The van der Waals surface area contributed by atoms with Crippen LogP contribution in [0.3, 0.4) is 0 Å². The molecule has 1 aliphatic heterocycles. The van der Waals surface area contributed by atoms with E-state index >= 15 is 0 Å². The zero-order valence-corrected chi connectivity index (χ0v) is 9.29. The molecule has 0 spiro atoms. The van der Waals surface area contributed by atoms with E-state index in [1.165, 1.54) is 6.42 Å². The van der Waals surface area contributed by atoms with E-state index in [9.17, 15) is 0 Å². The van der Waals surface area contributed by atoms with Crippen molar-refractivity contribution in [3.63, 3.8) is 0 Å². The highest BCUT2D eigenvalue weighted by atomic mass is 16.5. The predicted molar refractivity (Wildman–Crippen MR) is 59.0 cm³/mol. The van der Waals surface area contributed by atoms with E-state index in [1.54, 1.807) is 6.20 Å². The Bertz CT molecular complexity index is 335. The molecule has 82 valence electrons. The number of ether oxygens (including phenoxy) is 1. The second-order valence-electron chi connectivity index (χ2n) is 3.94. The van der Waals surface area contributed by atoms with Crippen molar-refractivity contribution in [1.29, 1.82) is 0 Å². The lowest BCUT2D eigenvalue weighted by atomic mass is 10.2.